The number of quaternary nitrogens is 1. The lowest BCUT2D eigenvalue weighted by Gasteiger charge is -2.38. The predicted molar refractivity (Wildman–Crippen MR) is 81.5 cm³/mol. The van der Waals surface area contributed by atoms with Gasteiger partial charge in [0.2, 0.25) is 0 Å². The van der Waals surface area contributed by atoms with Crippen LogP contribution in [0.5, 0.6) is 0 Å². The highest BCUT2D eigenvalue weighted by Crippen LogP contribution is 2.22. The van der Waals surface area contributed by atoms with Crippen molar-refractivity contribution in [3.05, 3.63) is 26.4 Å². The molecule has 3 atom stereocenters. The second-order valence-corrected chi connectivity index (χ2v) is 6.59. The van der Waals surface area contributed by atoms with Crippen LogP contribution in [0.25, 0.3) is 0 Å². The van der Waals surface area contributed by atoms with Crippen molar-refractivity contribution in [2.24, 2.45) is 20.0 Å². The van der Waals surface area contributed by atoms with Gasteiger partial charge in [0.25, 0.3) is 5.56 Å². The first-order valence-electron chi connectivity index (χ1n) is 7.88. The lowest BCUT2D eigenvalue weighted by atomic mass is 9.84. The molecule has 0 saturated heterocycles. The van der Waals surface area contributed by atoms with Crippen molar-refractivity contribution in [2.45, 2.75) is 45.2 Å². The summed E-state index contributed by atoms with van der Waals surface area (Å²) in [5, 5.41) is 3.32. The molecule has 1 saturated carbocycles. The molecule has 6 heteroatoms. The number of hydrogen-bond acceptors (Lipinski definition) is 3. The average molecular weight is 293 g/mol. The van der Waals surface area contributed by atoms with Crippen LogP contribution in [0.15, 0.2) is 9.59 Å². The largest absolute Gasteiger partial charge is 0.332 e. The Morgan fingerprint density at radius 3 is 2.57 bits per heavy atom. The van der Waals surface area contributed by atoms with E-state index in [9.17, 15) is 9.59 Å². The summed E-state index contributed by atoms with van der Waals surface area (Å²) in [5.41, 5.74) is 0.334. The smallest absolute Gasteiger partial charge is 0.324 e. The number of fused-ring (bicyclic) bond motifs is 1. The maximum Gasteiger partial charge on any atom is 0.332 e. The first-order chi connectivity index (χ1) is 10.0. The number of aromatic nitrogens is 2. The Kier molecular flexibility index (Phi) is 3.65. The molecule has 0 radical (unpaired) electrons. The van der Waals surface area contributed by atoms with E-state index >= 15 is 0 Å². The molecule has 0 amide bonds. The molecule has 1 fully saturated rings. The first-order valence-corrected chi connectivity index (χ1v) is 7.88. The van der Waals surface area contributed by atoms with E-state index in [4.69, 9.17) is 0 Å². The molecule has 0 spiro atoms. The number of nitrogens with zero attached hydrogens (tertiary/aromatic N) is 2. The maximum atomic E-state index is 12.4. The van der Waals surface area contributed by atoms with E-state index in [0.717, 1.165) is 18.8 Å². The average Bonchev–Trinajstić information content (AvgIpc) is 2.51. The number of hydrogen-bond donors (Lipinski definition) is 2. The van der Waals surface area contributed by atoms with Gasteiger partial charge in [-0.3, -0.25) is 13.9 Å². The highest BCUT2D eigenvalue weighted by Gasteiger charge is 2.34. The van der Waals surface area contributed by atoms with Gasteiger partial charge in [0.05, 0.1) is 6.04 Å². The molecule has 116 valence electrons. The molecule has 0 bridgehead atoms. The molecule has 3 rings (SSSR count). The van der Waals surface area contributed by atoms with E-state index in [-0.39, 0.29) is 11.2 Å². The lowest BCUT2D eigenvalue weighted by molar-refractivity contribution is -0.942. The second-order valence-electron chi connectivity index (χ2n) is 6.59. The normalized spacial score (nSPS) is 28.8. The summed E-state index contributed by atoms with van der Waals surface area (Å²) in [6.07, 6.45) is 5.13. The van der Waals surface area contributed by atoms with Crippen LogP contribution in [0.2, 0.25) is 0 Å². The van der Waals surface area contributed by atoms with E-state index in [2.05, 4.69) is 12.2 Å². The Balaban J connectivity index is 1.96. The van der Waals surface area contributed by atoms with E-state index < -0.39 is 0 Å². The summed E-state index contributed by atoms with van der Waals surface area (Å²) >= 11 is 0. The zero-order valence-corrected chi connectivity index (χ0v) is 13.1. The molecule has 6 nitrogen and oxygen atoms in total. The molecular weight excluding hydrogens is 268 g/mol. The summed E-state index contributed by atoms with van der Waals surface area (Å²) in [6, 6.07) is 0.612. The topological polar surface area (TPSA) is 60.5 Å². The van der Waals surface area contributed by atoms with Crippen LogP contribution in [0.3, 0.4) is 0 Å². The minimum Gasteiger partial charge on any atom is -0.324 e. The van der Waals surface area contributed by atoms with E-state index in [1.54, 1.807) is 18.7 Å². The van der Waals surface area contributed by atoms with Gasteiger partial charge in [0, 0.05) is 20.0 Å². The first kappa shape index (κ1) is 14.4. The molecule has 2 N–H and O–H groups in total. The van der Waals surface area contributed by atoms with Crippen molar-refractivity contribution in [3.63, 3.8) is 0 Å². The van der Waals surface area contributed by atoms with E-state index in [1.807, 2.05) is 0 Å². The fraction of sp³-hybridized carbons (Fsp3) is 0.733. The Bertz CT molecular complexity index is 661. The van der Waals surface area contributed by atoms with Gasteiger partial charge in [-0.2, -0.15) is 0 Å². The molecule has 1 aromatic heterocycles. The summed E-state index contributed by atoms with van der Waals surface area (Å²) in [6.45, 7) is 3.84. The van der Waals surface area contributed by atoms with Crippen LogP contribution in [0.4, 0.5) is 5.82 Å². The van der Waals surface area contributed by atoms with Crippen molar-refractivity contribution in [1.82, 2.24) is 9.13 Å². The summed E-state index contributed by atoms with van der Waals surface area (Å²) in [4.78, 5) is 25.8. The monoisotopic (exact) mass is 293 g/mol. The van der Waals surface area contributed by atoms with Crippen molar-refractivity contribution in [3.8, 4) is 0 Å². The minimum atomic E-state index is -0.263. The highest BCUT2D eigenvalue weighted by molar-refractivity contribution is 5.43. The third-order valence-electron chi connectivity index (χ3n) is 5.28. The SMILES string of the molecule is C[C@H]1CCCC[C@H]1[NH+]1CNc2c(c(=O)n(C)c(=O)n2C)C1. The quantitative estimate of drug-likeness (QED) is 0.729. The Morgan fingerprint density at radius 2 is 1.86 bits per heavy atom. The zero-order chi connectivity index (χ0) is 15.1. The molecule has 2 heterocycles. The Morgan fingerprint density at radius 1 is 1.14 bits per heavy atom. The van der Waals surface area contributed by atoms with Gasteiger partial charge in [-0.25, -0.2) is 4.79 Å². The van der Waals surface area contributed by atoms with Crippen LogP contribution in [-0.4, -0.2) is 21.8 Å². The summed E-state index contributed by atoms with van der Waals surface area (Å²) in [7, 11) is 3.28. The van der Waals surface area contributed by atoms with Crippen molar-refractivity contribution in [1.29, 1.82) is 0 Å². The van der Waals surface area contributed by atoms with Crippen molar-refractivity contribution in [2.75, 3.05) is 12.0 Å². The molecule has 1 unspecified atom stereocenters. The van der Waals surface area contributed by atoms with E-state index in [0.29, 0.717) is 17.8 Å². The Labute approximate surface area is 124 Å². The third kappa shape index (κ3) is 2.31. The number of nitrogens with one attached hydrogen (secondary N) is 2. The van der Waals surface area contributed by atoms with Gasteiger partial charge in [-0.05, 0) is 19.3 Å². The molecule has 1 aliphatic carbocycles. The van der Waals surface area contributed by atoms with Crippen LogP contribution < -0.4 is 21.5 Å². The summed E-state index contributed by atoms with van der Waals surface area (Å²) < 4.78 is 2.77. The van der Waals surface area contributed by atoms with Gasteiger partial charge in [0.1, 0.15) is 17.9 Å². The molecule has 0 aromatic carbocycles. The van der Waals surface area contributed by atoms with Gasteiger partial charge >= 0.3 is 5.69 Å². The zero-order valence-electron chi connectivity index (χ0n) is 13.1. The minimum absolute atomic E-state index is 0.152. The van der Waals surface area contributed by atoms with Gasteiger partial charge in [-0.1, -0.05) is 13.3 Å². The third-order valence-corrected chi connectivity index (χ3v) is 5.28. The maximum absolute atomic E-state index is 12.4. The van der Waals surface area contributed by atoms with Crippen LogP contribution >= 0.6 is 0 Å². The lowest BCUT2D eigenvalue weighted by Crippen LogP contribution is -3.17. The molecule has 21 heavy (non-hydrogen) atoms. The predicted octanol–water partition coefficient (Wildman–Crippen LogP) is -0.569. The molecule has 1 aromatic rings. The van der Waals surface area contributed by atoms with Crippen molar-refractivity contribution >= 4 is 5.82 Å². The highest BCUT2D eigenvalue weighted by atomic mass is 16.2. The van der Waals surface area contributed by atoms with Gasteiger partial charge in [-0.15, -0.1) is 0 Å². The second kappa shape index (κ2) is 5.33. The van der Waals surface area contributed by atoms with Crippen LogP contribution in [0.1, 0.15) is 38.2 Å². The Hall–Kier alpha value is -1.56. The van der Waals surface area contributed by atoms with Gasteiger partial charge in [0.15, 0.2) is 6.67 Å². The molecular formula is C15H25N4O2+. The number of rotatable bonds is 1. The van der Waals surface area contributed by atoms with E-state index in [1.165, 1.54) is 35.2 Å². The summed E-state index contributed by atoms with van der Waals surface area (Å²) in [5.74, 6) is 1.41. The fourth-order valence-corrected chi connectivity index (χ4v) is 3.97. The molecule has 1 aliphatic heterocycles. The molecule has 2 aliphatic rings. The fourth-order valence-electron chi connectivity index (χ4n) is 3.97. The standard InChI is InChI=1S/C15H24N4O2/c1-10-6-4-5-7-12(10)19-8-11-13(16-9-19)17(2)15(21)18(3)14(11)20/h10,12,16H,4-9H2,1-3H3/p+1/t10-,12+/m0/s1. The van der Waals surface area contributed by atoms with Gasteiger partial charge < -0.3 is 10.2 Å². The van der Waals surface area contributed by atoms with Crippen LogP contribution in [-0.2, 0) is 20.6 Å². The number of anilines is 1. The van der Waals surface area contributed by atoms with Crippen LogP contribution in [0, 0.1) is 5.92 Å². The van der Waals surface area contributed by atoms with Crippen molar-refractivity contribution < 1.29 is 4.90 Å².